The minimum atomic E-state index is -0.771. The molecule has 0 spiro atoms. The summed E-state index contributed by atoms with van der Waals surface area (Å²) in [6.07, 6.45) is -1.54. The normalized spacial score (nSPS) is 12.0. The Morgan fingerprint density at radius 2 is 1.03 bits per heavy atom. The van der Waals surface area contributed by atoms with E-state index in [1.54, 1.807) is 41.5 Å². The molecule has 0 aromatic heterocycles. The fraction of sp³-hybridized carbons (Fsp3) is 0.714. The third-order valence-corrected chi connectivity index (χ3v) is 4.72. The summed E-state index contributed by atoms with van der Waals surface area (Å²) < 4.78 is 32.8. The molecule has 0 saturated carbocycles. The van der Waals surface area contributed by atoms with Gasteiger partial charge in [-0.15, -0.1) is 0 Å². The van der Waals surface area contributed by atoms with Crippen LogP contribution >= 0.6 is 0 Å². The molecule has 10 nitrogen and oxygen atoms in total. The van der Waals surface area contributed by atoms with Crippen LogP contribution in [0.3, 0.4) is 0 Å². The second-order valence-electron chi connectivity index (χ2n) is 10.8. The summed E-state index contributed by atoms with van der Waals surface area (Å²) in [4.78, 5) is 28.0. The molecular formula is C28H48N2O8. The summed E-state index contributed by atoms with van der Waals surface area (Å²) in [7, 11) is 2.08. The van der Waals surface area contributed by atoms with Gasteiger partial charge in [0.15, 0.2) is 0 Å². The molecule has 0 atom stereocenters. The number of rotatable bonds is 17. The highest BCUT2D eigenvalue weighted by Gasteiger charge is 2.30. The van der Waals surface area contributed by atoms with E-state index in [9.17, 15) is 9.59 Å². The Labute approximate surface area is 228 Å². The van der Waals surface area contributed by atoms with Crippen molar-refractivity contribution in [2.45, 2.75) is 59.3 Å². The van der Waals surface area contributed by atoms with E-state index in [0.717, 1.165) is 18.0 Å². The van der Waals surface area contributed by atoms with Crippen molar-refractivity contribution in [3.63, 3.8) is 0 Å². The first-order valence-corrected chi connectivity index (χ1v) is 13.1. The van der Waals surface area contributed by atoms with Crippen LogP contribution in [0.5, 0.6) is 0 Å². The van der Waals surface area contributed by atoms with Gasteiger partial charge in [-0.05, 0) is 54.2 Å². The van der Waals surface area contributed by atoms with Crippen molar-refractivity contribution in [2.24, 2.45) is 0 Å². The van der Waals surface area contributed by atoms with Crippen LogP contribution in [0.1, 0.15) is 47.1 Å². The molecule has 1 aromatic rings. The summed E-state index contributed by atoms with van der Waals surface area (Å²) in [5.41, 5.74) is -0.189. The van der Waals surface area contributed by atoms with E-state index in [4.69, 9.17) is 28.4 Å². The molecule has 0 heterocycles. The number of benzene rings is 1. The van der Waals surface area contributed by atoms with Gasteiger partial charge in [0, 0.05) is 13.1 Å². The van der Waals surface area contributed by atoms with Crippen molar-refractivity contribution in [3.8, 4) is 0 Å². The van der Waals surface area contributed by atoms with Gasteiger partial charge in [0.05, 0.1) is 59.4 Å². The van der Waals surface area contributed by atoms with Gasteiger partial charge in [0.25, 0.3) is 0 Å². The molecule has 0 aliphatic carbocycles. The first-order chi connectivity index (χ1) is 17.9. The van der Waals surface area contributed by atoms with Crippen LogP contribution in [0.2, 0.25) is 0 Å². The molecule has 0 N–H and O–H groups in total. The lowest BCUT2D eigenvalue weighted by atomic mass is 10.2. The molecule has 0 radical (unpaired) electrons. The minimum Gasteiger partial charge on any atom is -0.443 e. The van der Waals surface area contributed by atoms with Crippen molar-refractivity contribution >= 4 is 12.2 Å². The number of amides is 2. The molecule has 0 bridgehead atoms. The molecular weight excluding hydrogens is 492 g/mol. The first-order valence-electron chi connectivity index (χ1n) is 13.1. The molecule has 0 saturated heterocycles. The molecule has 1 rings (SSSR count). The smallest absolute Gasteiger partial charge is 0.419 e. The second-order valence-corrected chi connectivity index (χ2v) is 10.8. The largest absolute Gasteiger partial charge is 0.443 e. The maximum absolute atomic E-state index is 12.4. The summed E-state index contributed by atoms with van der Waals surface area (Å²) in [5.74, 6) is 0. The van der Waals surface area contributed by atoms with Gasteiger partial charge >= 0.3 is 12.2 Å². The van der Waals surface area contributed by atoms with Gasteiger partial charge in [-0.1, -0.05) is 30.3 Å². The molecule has 1 aromatic carbocycles. The number of hydrogen-bond acceptors (Lipinski definition) is 9. The summed E-state index contributed by atoms with van der Waals surface area (Å²) >= 11 is 0. The van der Waals surface area contributed by atoms with E-state index >= 15 is 0 Å². The van der Waals surface area contributed by atoms with Gasteiger partial charge < -0.3 is 28.4 Å². The number of likely N-dealkylation sites (N-methyl/N-ethyl adjacent to an activating group) is 1. The van der Waals surface area contributed by atoms with Crippen LogP contribution in [0.25, 0.3) is 0 Å². The number of ether oxygens (including phenoxy) is 6. The van der Waals surface area contributed by atoms with Crippen LogP contribution in [0, 0.1) is 0 Å². The van der Waals surface area contributed by atoms with Crippen molar-refractivity contribution in [3.05, 3.63) is 35.9 Å². The Balaban J connectivity index is 2.06. The fourth-order valence-electron chi connectivity index (χ4n) is 3.00. The molecule has 0 fully saturated rings. The van der Waals surface area contributed by atoms with Crippen LogP contribution in [-0.4, -0.2) is 106 Å². The number of imide groups is 1. The zero-order valence-electron chi connectivity index (χ0n) is 24.3. The van der Waals surface area contributed by atoms with Gasteiger partial charge in [-0.2, -0.15) is 0 Å². The third-order valence-electron chi connectivity index (χ3n) is 4.72. The van der Waals surface area contributed by atoms with Crippen molar-refractivity contribution in [2.75, 3.05) is 73.0 Å². The molecule has 2 amide bonds. The summed E-state index contributed by atoms with van der Waals surface area (Å²) in [5, 5.41) is 0. The number of carbonyl (C=O) groups excluding carboxylic acids is 2. The minimum absolute atomic E-state index is 0.00891. The highest BCUT2D eigenvalue weighted by molar-refractivity contribution is 5.88. The van der Waals surface area contributed by atoms with Gasteiger partial charge in [0.1, 0.15) is 11.2 Å². The quantitative estimate of drug-likeness (QED) is 0.267. The predicted octanol–water partition coefficient (Wildman–Crippen LogP) is 4.36. The molecule has 38 heavy (non-hydrogen) atoms. The lowest BCUT2D eigenvalue weighted by molar-refractivity contribution is -0.0146. The Morgan fingerprint density at radius 1 is 0.632 bits per heavy atom. The number of nitrogens with zero attached hydrogens (tertiary/aromatic N) is 2. The fourth-order valence-corrected chi connectivity index (χ4v) is 3.00. The molecule has 0 unspecified atom stereocenters. The van der Waals surface area contributed by atoms with Gasteiger partial charge in [-0.25, -0.2) is 14.5 Å². The van der Waals surface area contributed by atoms with Gasteiger partial charge in [-0.3, -0.25) is 4.90 Å². The zero-order chi connectivity index (χ0) is 28.4. The highest BCUT2D eigenvalue weighted by Crippen LogP contribution is 2.14. The van der Waals surface area contributed by atoms with E-state index in [0.29, 0.717) is 46.2 Å². The van der Waals surface area contributed by atoms with Crippen molar-refractivity contribution in [1.82, 2.24) is 9.80 Å². The second kappa shape index (κ2) is 18.1. The van der Waals surface area contributed by atoms with E-state index in [1.165, 1.54) is 5.56 Å². The lowest BCUT2D eigenvalue weighted by Gasteiger charge is -2.28. The average molecular weight is 541 g/mol. The number of hydrogen-bond donors (Lipinski definition) is 0. The van der Waals surface area contributed by atoms with Crippen LogP contribution in [-0.2, 0) is 35.0 Å². The maximum Gasteiger partial charge on any atom is 0.419 e. The van der Waals surface area contributed by atoms with Crippen LogP contribution in [0.15, 0.2) is 30.3 Å². The Kier molecular flexibility index (Phi) is 16.1. The van der Waals surface area contributed by atoms with E-state index in [1.807, 2.05) is 18.2 Å². The number of carbonyl (C=O) groups is 2. The van der Waals surface area contributed by atoms with Crippen LogP contribution in [0.4, 0.5) is 9.59 Å². The van der Waals surface area contributed by atoms with Crippen LogP contribution < -0.4 is 0 Å². The summed E-state index contributed by atoms with van der Waals surface area (Å²) in [6.45, 7) is 15.6. The van der Waals surface area contributed by atoms with Gasteiger partial charge in [0.2, 0.25) is 0 Å². The average Bonchev–Trinajstić information content (AvgIpc) is 2.79. The van der Waals surface area contributed by atoms with E-state index in [2.05, 4.69) is 24.1 Å². The van der Waals surface area contributed by atoms with E-state index in [-0.39, 0.29) is 13.2 Å². The van der Waals surface area contributed by atoms with E-state index < -0.39 is 23.4 Å². The highest BCUT2D eigenvalue weighted by atomic mass is 16.6. The monoisotopic (exact) mass is 540 g/mol. The molecule has 0 aliphatic heterocycles. The summed E-state index contributed by atoms with van der Waals surface area (Å²) in [6, 6.07) is 10.3. The lowest BCUT2D eigenvalue weighted by Crippen LogP contribution is -2.45. The zero-order valence-corrected chi connectivity index (χ0v) is 24.3. The topological polar surface area (TPSA) is 96.0 Å². The standard InChI is InChI=1S/C28H48N2O8/c1-27(2,3)37-25(31)30(26(32)38-28(4,5)6)14-16-34-18-20-36-22-21-35-19-17-33-15-13-29(7)23-24-11-9-8-10-12-24/h8-12H,13-23H2,1-7H3. The first kappa shape index (κ1) is 33.8. The molecule has 0 aliphatic rings. The maximum atomic E-state index is 12.4. The molecule has 10 heteroatoms. The Hall–Kier alpha value is -2.24. The Bertz CT molecular complexity index is 749. The SMILES string of the molecule is CN(CCOCCOCCOCCOCCN(C(=O)OC(C)(C)C)C(=O)OC(C)(C)C)Cc1ccccc1. The predicted molar refractivity (Wildman–Crippen MR) is 145 cm³/mol. The van der Waals surface area contributed by atoms with Crippen molar-refractivity contribution < 1.29 is 38.0 Å². The molecule has 218 valence electrons. The Morgan fingerprint density at radius 3 is 1.45 bits per heavy atom. The third kappa shape index (κ3) is 18.1. The van der Waals surface area contributed by atoms with Crippen molar-refractivity contribution in [1.29, 1.82) is 0 Å².